The summed E-state index contributed by atoms with van der Waals surface area (Å²) in [6, 6.07) is 2.58. The second kappa shape index (κ2) is 6.33. The first kappa shape index (κ1) is 14.3. The van der Waals surface area contributed by atoms with Crippen LogP contribution in [-0.2, 0) is 6.54 Å². The van der Waals surface area contributed by atoms with Crippen LogP contribution >= 0.6 is 0 Å². The van der Waals surface area contributed by atoms with E-state index in [2.05, 4.69) is 17.2 Å². The van der Waals surface area contributed by atoms with Crippen LogP contribution in [0, 0.1) is 19.8 Å². The van der Waals surface area contributed by atoms with Crippen molar-refractivity contribution < 1.29 is 0 Å². The molecule has 1 aromatic rings. The highest BCUT2D eigenvalue weighted by Crippen LogP contribution is 2.23. The summed E-state index contributed by atoms with van der Waals surface area (Å²) in [4.78, 5) is 15.8. The fourth-order valence-electron chi connectivity index (χ4n) is 3.03. The molecule has 0 spiro atoms. The Balaban J connectivity index is 1.91. The molecular weight excluding hydrogens is 238 g/mol. The maximum atomic E-state index is 11.8. The number of hydrogen-bond donors (Lipinski definition) is 1. The third-order valence-electron chi connectivity index (χ3n) is 4.20. The van der Waals surface area contributed by atoms with Gasteiger partial charge in [-0.3, -0.25) is 4.57 Å². The molecule has 19 heavy (non-hydrogen) atoms. The molecule has 2 atom stereocenters. The van der Waals surface area contributed by atoms with Gasteiger partial charge in [-0.25, -0.2) is 4.79 Å². The van der Waals surface area contributed by atoms with Gasteiger partial charge >= 0.3 is 5.69 Å². The van der Waals surface area contributed by atoms with Crippen LogP contribution in [0.2, 0.25) is 0 Å². The monoisotopic (exact) mass is 263 g/mol. The minimum atomic E-state index is -0.129. The van der Waals surface area contributed by atoms with E-state index in [1.54, 1.807) is 4.57 Å². The zero-order valence-electron chi connectivity index (χ0n) is 12.3. The molecule has 0 bridgehead atoms. The van der Waals surface area contributed by atoms with Crippen molar-refractivity contribution in [3.8, 4) is 0 Å². The van der Waals surface area contributed by atoms with Gasteiger partial charge in [0.15, 0.2) is 0 Å². The smallest absolute Gasteiger partial charge is 0.312 e. The van der Waals surface area contributed by atoms with E-state index >= 15 is 0 Å². The maximum absolute atomic E-state index is 11.8. The maximum Gasteiger partial charge on any atom is 0.347 e. The van der Waals surface area contributed by atoms with E-state index in [4.69, 9.17) is 0 Å². The molecule has 0 amide bonds. The minimum Gasteiger partial charge on any atom is -0.312 e. The van der Waals surface area contributed by atoms with Gasteiger partial charge in [0.2, 0.25) is 0 Å². The molecule has 1 N–H and O–H groups in total. The number of hydrogen-bond acceptors (Lipinski definition) is 3. The van der Waals surface area contributed by atoms with Crippen molar-refractivity contribution in [2.24, 2.45) is 5.92 Å². The minimum absolute atomic E-state index is 0.129. The first-order valence-electron chi connectivity index (χ1n) is 7.36. The van der Waals surface area contributed by atoms with E-state index in [0.29, 0.717) is 12.6 Å². The molecule has 106 valence electrons. The van der Waals surface area contributed by atoms with E-state index in [1.165, 1.54) is 25.7 Å². The Hall–Kier alpha value is -1.16. The summed E-state index contributed by atoms with van der Waals surface area (Å²) in [5.41, 5.74) is 1.67. The van der Waals surface area contributed by atoms with Gasteiger partial charge in [-0.05, 0) is 38.7 Å². The summed E-state index contributed by atoms with van der Waals surface area (Å²) in [6.07, 6.45) is 5.27. The highest BCUT2D eigenvalue weighted by Gasteiger charge is 2.20. The third kappa shape index (κ3) is 3.66. The normalized spacial score (nSPS) is 23.5. The van der Waals surface area contributed by atoms with Crippen molar-refractivity contribution in [2.75, 3.05) is 6.54 Å². The summed E-state index contributed by atoms with van der Waals surface area (Å²) in [5, 5.41) is 3.60. The van der Waals surface area contributed by atoms with Gasteiger partial charge in [-0.2, -0.15) is 4.98 Å². The molecular formula is C15H25N3O. The molecule has 1 aromatic heterocycles. The van der Waals surface area contributed by atoms with Gasteiger partial charge in [0.05, 0.1) is 0 Å². The molecule has 2 unspecified atom stereocenters. The lowest BCUT2D eigenvalue weighted by Crippen LogP contribution is -2.40. The molecule has 0 radical (unpaired) electrons. The first-order chi connectivity index (χ1) is 9.08. The van der Waals surface area contributed by atoms with Crippen molar-refractivity contribution in [1.82, 2.24) is 14.9 Å². The van der Waals surface area contributed by atoms with Gasteiger partial charge in [-0.15, -0.1) is 0 Å². The first-order valence-corrected chi connectivity index (χ1v) is 7.36. The van der Waals surface area contributed by atoms with E-state index in [1.807, 2.05) is 19.9 Å². The summed E-state index contributed by atoms with van der Waals surface area (Å²) in [6.45, 7) is 7.71. The third-order valence-corrected chi connectivity index (χ3v) is 4.20. The molecule has 0 aromatic carbocycles. The van der Waals surface area contributed by atoms with E-state index < -0.39 is 0 Å². The molecule has 1 saturated carbocycles. The number of aryl methyl sites for hydroxylation is 2. The summed E-state index contributed by atoms with van der Waals surface area (Å²) < 4.78 is 1.76. The Bertz CT molecular complexity index is 481. The highest BCUT2D eigenvalue weighted by molar-refractivity contribution is 5.06. The van der Waals surface area contributed by atoms with Gasteiger partial charge in [0.25, 0.3) is 0 Å². The molecule has 1 fully saturated rings. The lowest BCUT2D eigenvalue weighted by molar-refractivity contribution is 0.277. The largest absolute Gasteiger partial charge is 0.347 e. The van der Waals surface area contributed by atoms with Crippen LogP contribution in [0.3, 0.4) is 0 Å². The molecule has 4 nitrogen and oxygen atoms in total. The topological polar surface area (TPSA) is 46.9 Å². The predicted octanol–water partition coefficient (Wildman–Crippen LogP) is 2.03. The zero-order valence-corrected chi connectivity index (χ0v) is 12.3. The van der Waals surface area contributed by atoms with Crippen molar-refractivity contribution in [1.29, 1.82) is 0 Å². The lowest BCUT2D eigenvalue weighted by atomic mass is 9.86. The summed E-state index contributed by atoms with van der Waals surface area (Å²) in [7, 11) is 0. The van der Waals surface area contributed by atoms with Crippen LogP contribution in [0.15, 0.2) is 10.9 Å². The molecule has 4 heteroatoms. The van der Waals surface area contributed by atoms with Crippen LogP contribution in [0.1, 0.15) is 44.0 Å². The number of nitrogens with one attached hydrogen (secondary N) is 1. The predicted molar refractivity (Wildman–Crippen MR) is 77.4 cm³/mol. The Morgan fingerprint density at radius 2 is 2.11 bits per heavy atom. The quantitative estimate of drug-likeness (QED) is 0.904. The fourth-order valence-corrected chi connectivity index (χ4v) is 3.03. The molecule has 1 aliphatic rings. The van der Waals surface area contributed by atoms with Gasteiger partial charge in [0, 0.05) is 30.5 Å². The van der Waals surface area contributed by atoms with Crippen molar-refractivity contribution >= 4 is 0 Å². The fraction of sp³-hybridized carbons (Fsp3) is 0.733. The number of aromatic nitrogens is 2. The number of rotatable bonds is 4. The van der Waals surface area contributed by atoms with E-state index in [0.717, 1.165) is 23.9 Å². The van der Waals surface area contributed by atoms with Crippen molar-refractivity contribution in [2.45, 2.75) is 59.0 Å². The van der Waals surface area contributed by atoms with Crippen LogP contribution < -0.4 is 11.0 Å². The number of nitrogens with zero attached hydrogens (tertiary/aromatic N) is 2. The molecule has 0 aliphatic heterocycles. The lowest BCUT2D eigenvalue weighted by Gasteiger charge is -2.29. The molecule has 2 rings (SSSR count). The van der Waals surface area contributed by atoms with Gasteiger partial charge in [-0.1, -0.05) is 19.8 Å². The Labute approximate surface area is 115 Å². The molecule has 1 heterocycles. The second-order valence-corrected chi connectivity index (χ2v) is 5.80. The van der Waals surface area contributed by atoms with Crippen molar-refractivity contribution in [3.63, 3.8) is 0 Å². The second-order valence-electron chi connectivity index (χ2n) is 5.80. The molecule has 1 aliphatic carbocycles. The Kier molecular flexibility index (Phi) is 4.75. The van der Waals surface area contributed by atoms with Crippen LogP contribution in [0.4, 0.5) is 0 Å². The molecule has 0 saturated heterocycles. The zero-order chi connectivity index (χ0) is 13.8. The highest BCUT2D eigenvalue weighted by atomic mass is 16.1. The Morgan fingerprint density at radius 3 is 2.79 bits per heavy atom. The average Bonchev–Trinajstić information content (AvgIpc) is 2.34. The van der Waals surface area contributed by atoms with Crippen LogP contribution in [0.25, 0.3) is 0 Å². The summed E-state index contributed by atoms with van der Waals surface area (Å²) >= 11 is 0. The van der Waals surface area contributed by atoms with E-state index in [9.17, 15) is 4.79 Å². The van der Waals surface area contributed by atoms with Gasteiger partial charge < -0.3 is 5.32 Å². The van der Waals surface area contributed by atoms with Crippen LogP contribution in [-0.4, -0.2) is 22.1 Å². The Morgan fingerprint density at radius 1 is 1.37 bits per heavy atom. The van der Waals surface area contributed by atoms with Crippen LogP contribution in [0.5, 0.6) is 0 Å². The average molecular weight is 263 g/mol. The standard InChI is InChI=1S/C15H25N3O/c1-11-6-4-5-7-14(11)16-8-9-18-13(3)10-12(2)17-15(18)19/h10-11,14,16H,4-9H2,1-3H3. The SMILES string of the molecule is Cc1cc(C)n(CCNC2CCCCC2C)c(=O)n1. The van der Waals surface area contributed by atoms with Gasteiger partial charge in [0.1, 0.15) is 0 Å². The summed E-state index contributed by atoms with van der Waals surface area (Å²) in [5.74, 6) is 0.753. The van der Waals surface area contributed by atoms with Crippen molar-refractivity contribution in [3.05, 3.63) is 27.9 Å². The van der Waals surface area contributed by atoms with E-state index in [-0.39, 0.29) is 5.69 Å².